The molecule has 1 aliphatic heterocycles. The van der Waals surface area contributed by atoms with Gasteiger partial charge in [0.15, 0.2) is 0 Å². The van der Waals surface area contributed by atoms with Gasteiger partial charge in [-0.2, -0.15) is 0 Å². The van der Waals surface area contributed by atoms with Gasteiger partial charge in [-0.15, -0.1) is 0 Å². The molecule has 1 amide bonds. The maximum absolute atomic E-state index is 14.0. The fourth-order valence-electron chi connectivity index (χ4n) is 7.84. The maximum atomic E-state index is 14.0. The lowest BCUT2D eigenvalue weighted by molar-refractivity contribution is 0.0802. The third kappa shape index (κ3) is 3.66. The number of rotatable bonds is 6. The molecule has 0 aliphatic carbocycles. The van der Waals surface area contributed by atoms with E-state index in [-0.39, 0.29) is 18.0 Å². The molecule has 5 aromatic carbocycles. The van der Waals surface area contributed by atoms with Crippen molar-refractivity contribution in [1.82, 2.24) is 9.47 Å². The van der Waals surface area contributed by atoms with E-state index in [4.69, 9.17) is 24.4 Å². The van der Waals surface area contributed by atoms with Crippen LogP contribution in [0.5, 0.6) is 0 Å². The molecule has 0 radical (unpaired) electrons. The predicted octanol–water partition coefficient (Wildman–Crippen LogP) is 9.72. The Hall–Kier alpha value is -3.41. The van der Waals surface area contributed by atoms with E-state index in [9.17, 15) is 4.79 Å². The van der Waals surface area contributed by atoms with Crippen LogP contribution < -0.4 is 5.35 Å². The molecule has 1 aliphatic rings. The highest BCUT2D eigenvalue weighted by molar-refractivity contribution is 7.80. The van der Waals surface area contributed by atoms with E-state index in [1.807, 2.05) is 11.0 Å². The monoisotopic (exact) mass is 588 g/mol. The first-order chi connectivity index (χ1) is 20.0. The Morgan fingerprint density at radius 3 is 1.67 bits per heavy atom. The van der Waals surface area contributed by atoms with E-state index in [2.05, 4.69) is 95.2 Å². The van der Waals surface area contributed by atoms with Crippen molar-refractivity contribution in [3.63, 3.8) is 0 Å². The van der Waals surface area contributed by atoms with Crippen LogP contribution >= 0.6 is 24.4 Å². The van der Waals surface area contributed by atoms with Crippen molar-refractivity contribution in [1.29, 1.82) is 0 Å². The van der Waals surface area contributed by atoms with E-state index in [0.29, 0.717) is 16.8 Å². The smallest absolute Gasteiger partial charge is 0.259 e. The zero-order chi connectivity index (χ0) is 29.8. The molecular weight excluding hydrogens is 553 g/mol. The molecule has 0 bridgehead atoms. The van der Waals surface area contributed by atoms with Gasteiger partial charge in [0.1, 0.15) is 9.63 Å². The molecule has 1 aromatic heterocycles. The first-order valence-electron chi connectivity index (χ1n) is 15.1. The van der Waals surface area contributed by atoms with Gasteiger partial charge in [-0.25, -0.2) is 0 Å². The van der Waals surface area contributed by atoms with Crippen molar-refractivity contribution < 1.29 is 4.79 Å². The van der Waals surface area contributed by atoms with Crippen LogP contribution in [0.3, 0.4) is 0 Å². The Labute approximate surface area is 257 Å². The third-order valence-electron chi connectivity index (χ3n) is 9.36. The minimum atomic E-state index is 0.0117. The fraction of sp³-hybridized carbons (Fsp3) is 0.324. The minimum Gasteiger partial charge on any atom is -0.329 e. The number of amides is 1. The van der Waals surface area contributed by atoms with Crippen LogP contribution in [0, 0.1) is 16.5 Å². The zero-order valence-electron chi connectivity index (χ0n) is 25.2. The summed E-state index contributed by atoms with van der Waals surface area (Å²) < 4.78 is 3.11. The number of carbonyl (C=O) groups excluding carboxylic acids is 1. The molecule has 42 heavy (non-hydrogen) atoms. The SMILES string of the molecule is C=c1c2ccc3c4ccc5c6c(ccc(c7ccc(c(=S)n1C(C)CC(C)C)c2c37)c64)C(=O)N(C(C)CC(C)C)C5=S. The zero-order valence-corrected chi connectivity index (χ0v) is 26.8. The second kappa shape index (κ2) is 9.55. The van der Waals surface area contributed by atoms with Crippen LogP contribution in [0.1, 0.15) is 76.3 Å². The topological polar surface area (TPSA) is 25.2 Å². The largest absolute Gasteiger partial charge is 0.329 e. The van der Waals surface area contributed by atoms with Crippen molar-refractivity contribution >= 4 is 95.8 Å². The Balaban J connectivity index is 1.56. The number of nitrogens with zero attached hydrogens (tertiary/aromatic N) is 2. The van der Waals surface area contributed by atoms with Gasteiger partial charge in [-0.1, -0.05) is 101 Å². The summed E-state index contributed by atoms with van der Waals surface area (Å²) in [4.78, 5) is 16.5. The summed E-state index contributed by atoms with van der Waals surface area (Å²) >= 11 is 12.2. The normalized spacial score (nSPS) is 15.6. The van der Waals surface area contributed by atoms with Crippen LogP contribution in [0.2, 0.25) is 0 Å². The summed E-state index contributed by atoms with van der Waals surface area (Å²) in [6.07, 6.45) is 1.95. The van der Waals surface area contributed by atoms with Gasteiger partial charge < -0.3 is 4.57 Å². The molecule has 5 heteroatoms. The lowest BCUT2D eigenvalue weighted by Gasteiger charge is -2.35. The summed E-state index contributed by atoms with van der Waals surface area (Å²) in [5, 5.41) is 12.4. The summed E-state index contributed by atoms with van der Waals surface area (Å²) in [5.74, 6) is 1.05. The van der Waals surface area contributed by atoms with Crippen LogP contribution in [-0.4, -0.2) is 26.4 Å². The Bertz CT molecular complexity index is 2090. The minimum absolute atomic E-state index is 0.0117. The Kier molecular flexibility index (Phi) is 6.24. The molecule has 0 saturated heterocycles. The van der Waals surface area contributed by atoms with Gasteiger partial charge in [0.2, 0.25) is 0 Å². The van der Waals surface area contributed by atoms with Crippen LogP contribution in [-0.2, 0) is 0 Å². The molecule has 0 fully saturated rings. The van der Waals surface area contributed by atoms with Crippen molar-refractivity contribution in [3.05, 3.63) is 69.6 Å². The highest BCUT2D eigenvalue weighted by atomic mass is 32.1. The summed E-state index contributed by atoms with van der Waals surface area (Å²) in [7, 11) is 0. The van der Waals surface area contributed by atoms with Crippen LogP contribution in [0.25, 0.3) is 60.4 Å². The van der Waals surface area contributed by atoms with E-state index >= 15 is 0 Å². The first-order valence-corrected chi connectivity index (χ1v) is 15.9. The van der Waals surface area contributed by atoms with Gasteiger partial charge in [0, 0.05) is 50.1 Å². The molecule has 2 unspecified atom stereocenters. The van der Waals surface area contributed by atoms with Crippen molar-refractivity contribution in [3.8, 4) is 0 Å². The van der Waals surface area contributed by atoms with Crippen molar-refractivity contribution in [2.45, 2.75) is 66.5 Å². The number of benzene rings is 5. The van der Waals surface area contributed by atoms with E-state index < -0.39 is 0 Å². The number of thiocarbonyl (C=S) groups is 1. The molecule has 6 aromatic rings. The standard InChI is InChI=1S/C37H36N2OS2/c1-18(2)16-20(5)38-22(7)23-8-9-24-27-12-15-30-34-28(35(40)39(37(30)42)21(6)17-19(3)4)13-10-25(33(27)34)26-11-14-29(36(38)41)31(23)32(24)26/h8-15,18-21H,7,16-17H2,1-6H3. The first kappa shape index (κ1) is 27.4. The second-order valence-electron chi connectivity index (χ2n) is 13.2. The van der Waals surface area contributed by atoms with Crippen molar-refractivity contribution in [2.75, 3.05) is 0 Å². The maximum Gasteiger partial charge on any atom is 0.259 e. The predicted molar refractivity (Wildman–Crippen MR) is 186 cm³/mol. The number of fused-ring (bicyclic) bond motifs is 2. The van der Waals surface area contributed by atoms with Gasteiger partial charge in [0.05, 0.1) is 0 Å². The highest BCUT2D eigenvalue weighted by Crippen LogP contribution is 2.46. The second-order valence-corrected chi connectivity index (χ2v) is 14.0. The summed E-state index contributed by atoms with van der Waals surface area (Å²) in [6, 6.07) is 17.7. The van der Waals surface area contributed by atoms with E-state index in [0.717, 1.165) is 66.3 Å². The van der Waals surface area contributed by atoms with E-state index in [1.165, 1.54) is 21.5 Å². The summed E-state index contributed by atoms with van der Waals surface area (Å²) in [6.45, 7) is 17.8. The van der Waals surface area contributed by atoms with Crippen molar-refractivity contribution in [2.24, 2.45) is 11.8 Å². The molecule has 212 valence electrons. The molecule has 0 N–H and O–H groups in total. The molecule has 7 rings (SSSR count). The van der Waals surface area contributed by atoms with Gasteiger partial charge in [-0.05, 0) is 76.9 Å². The molecule has 2 heterocycles. The average molecular weight is 589 g/mol. The van der Waals surface area contributed by atoms with Crippen LogP contribution in [0.15, 0.2) is 48.5 Å². The number of pyridine rings is 1. The van der Waals surface area contributed by atoms with Crippen LogP contribution in [0.4, 0.5) is 0 Å². The fourth-order valence-corrected chi connectivity index (χ4v) is 8.73. The third-order valence-corrected chi connectivity index (χ3v) is 10.2. The average Bonchev–Trinajstić information content (AvgIpc) is 2.93. The number of hydrogen-bond acceptors (Lipinski definition) is 3. The van der Waals surface area contributed by atoms with Gasteiger partial charge >= 0.3 is 0 Å². The number of carbonyl (C=O) groups is 1. The number of hydrogen-bond donors (Lipinski definition) is 0. The lowest BCUT2D eigenvalue weighted by Crippen LogP contribution is -2.45. The molecular formula is C37H36N2OS2. The number of aromatic nitrogens is 1. The molecule has 2 atom stereocenters. The van der Waals surface area contributed by atoms with E-state index in [1.54, 1.807) is 0 Å². The lowest BCUT2D eigenvalue weighted by atomic mass is 9.83. The quantitative estimate of drug-likeness (QED) is 0.110. The van der Waals surface area contributed by atoms with Gasteiger partial charge in [0.25, 0.3) is 5.91 Å². The Morgan fingerprint density at radius 2 is 1.07 bits per heavy atom. The highest BCUT2D eigenvalue weighted by Gasteiger charge is 2.34. The molecule has 0 saturated carbocycles. The van der Waals surface area contributed by atoms with Gasteiger partial charge in [-0.3, -0.25) is 9.69 Å². The summed E-state index contributed by atoms with van der Waals surface area (Å²) in [5.41, 5.74) is 1.72. The Morgan fingerprint density at radius 1 is 0.619 bits per heavy atom. The molecule has 0 spiro atoms. The molecule has 3 nitrogen and oxygen atoms in total.